The number of anilines is 1. The van der Waals surface area contributed by atoms with E-state index < -0.39 is 0 Å². The monoisotopic (exact) mass is 160 g/mol. The summed E-state index contributed by atoms with van der Waals surface area (Å²) in [5.41, 5.74) is 0.773. The van der Waals surface area contributed by atoms with Crippen LogP contribution in [-0.4, -0.2) is 5.91 Å². The molecule has 2 rings (SSSR count). The van der Waals surface area contributed by atoms with Crippen molar-refractivity contribution in [2.75, 3.05) is 5.32 Å². The van der Waals surface area contributed by atoms with Crippen molar-refractivity contribution >= 4 is 11.6 Å². The van der Waals surface area contributed by atoms with Crippen LogP contribution in [0.4, 0.5) is 5.69 Å². The molecule has 0 saturated heterocycles. The molecule has 1 N–H and O–H groups in total. The first-order valence-electron chi connectivity index (χ1n) is 4.14. The predicted molar refractivity (Wildman–Crippen MR) is 46.6 cm³/mol. The van der Waals surface area contributed by atoms with E-state index in [2.05, 4.69) is 11.4 Å². The average molecular weight is 160 g/mol. The molecule has 1 aromatic rings. The highest BCUT2D eigenvalue weighted by atomic mass is 16.2. The summed E-state index contributed by atoms with van der Waals surface area (Å²) in [5.74, 6) is 0.399. The lowest BCUT2D eigenvalue weighted by molar-refractivity contribution is -0.117. The predicted octanol–water partition coefficient (Wildman–Crippen LogP) is 1.84. The number of carbonyl (C=O) groups is 1. The van der Waals surface area contributed by atoms with Gasteiger partial charge in [-0.15, -0.1) is 0 Å². The van der Waals surface area contributed by atoms with Gasteiger partial charge in [-0.1, -0.05) is 18.2 Å². The van der Waals surface area contributed by atoms with Crippen LogP contribution in [0.3, 0.4) is 0 Å². The van der Waals surface area contributed by atoms with Crippen LogP contribution in [0.5, 0.6) is 0 Å². The third-order valence-corrected chi connectivity index (χ3v) is 1.92. The fraction of sp³-hybridized carbons (Fsp3) is 0.300. The molecule has 0 heterocycles. The van der Waals surface area contributed by atoms with E-state index in [0.717, 1.165) is 18.5 Å². The van der Waals surface area contributed by atoms with Gasteiger partial charge in [0.25, 0.3) is 0 Å². The molecule has 1 aromatic carbocycles. The fourth-order valence-electron chi connectivity index (χ4n) is 1.05. The van der Waals surface area contributed by atoms with Gasteiger partial charge in [0, 0.05) is 17.7 Å². The van der Waals surface area contributed by atoms with Crippen molar-refractivity contribution < 1.29 is 4.79 Å². The highest BCUT2D eigenvalue weighted by molar-refractivity contribution is 5.93. The Labute approximate surface area is 71.6 Å². The third kappa shape index (κ3) is 1.64. The first-order valence-corrected chi connectivity index (χ1v) is 4.14. The topological polar surface area (TPSA) is 29.1 Å². The molecule has 1 radical (unpaired) electrons. The van der Waals surface area contributed by atoms with E-state index in [-0.39, 0.29) is 11.8 Å². The van der Waals surface area contributed by atoms with Gasteiger partial charge in [-0.3, -0.25) is 4.79 Å². The second-order valence-electron chi connectivity index (χ2n) is 3.04. The third-order valence-electron chi connectivity index (χ3n) is 1.92. The Morgan fingerprint density at radius 2 is 2.33 bits per heavy atom. The second kappa shape index (κ2) is 2.97. The summed E-state index contributed by atoms with van der Waals surface area (Å²) < 4.78 is 0. The van der Waals surface area contributed by atoms with Gasteiger partial charge in [-0.05, 0) is 18.9 Å². The normalized spacial score (nSPS) is 15.7. The van der Waals surface area contributed by atoms with Crippen molar-refractivity contribution in [3.8, 4) is 0 Å². The van der Waals surface area contributed by atoms with Crippen molar-refractivity contribution in [3.05, 3.63) is 30.3 Å². The Bertz CT molecular complexity index is 277. The molecule has 0 aliphatic heterocycles. The highest BCUT2D eigenvalue weighted by Crippen LogP contribution is 2.29. The number of rotatable bonds is 2. The SMILES string of the molecule is O=C(Nc1[c]cccc1)C1CC1. The van der Waals surface area contributed by atoms with E-state index in [1.54, 1.807) is 6.07 Å². The van der Waals surface area contributed by atoms with Crippen LogP contribution < -0.4 is 5.32 Å². The molecule has 1 fully saturated rings. The molecule has 0 unspecified atom stereocenters. The largest absolute Gasteiger partial charge is 0.325 e. The number of nitrogens with one attached hydrogen (secondary N) is 1. The molecule has 0 aromatic heterocycles. The molecule has 0 atom stereocenters. The van der Waals surface area contributed by atoms with E-state index in [1.807, 2.05) is 18.2 Å². The molecular weight excluding hydrogens is 150 g/mol. The van der Waals surface area contributed by atoms with Crippen LogP contribution in [0.1, 0.15) is 12.8 Å². The minimum Gasteiger partial charge on any atom is -0.325 e. The van der Waals surface area contributed by atoms with Crippen molar-refractivity contribution in [2.24, 2.45) is 5.92 Å². The van der Waals surface area contributed by atoms with Crippen molar-refractivity contribution in [1.82, 2.24) is 0 Å². The van der Waals surface area contributed by atoms with E-state index in [9.17, 15) is 4.79 Å². The van der Waals surface area contributed by atoms with Crippen LogP contribution in [0.25, 0.3) is 0 Å². The maximum absolute atomic E-state index is 11.2. The van der Waals surface area contributed by atoms with Crippen LogP contribution in [-0.2, 0) is 4.79 Å². The summed E-state index contributed by atoms with van der Waals surface area (Å²) in [6.45, 7) is 0. The number of para-hydroxylation sites is 1. The zero-order valence-corrected chi connectivity index (χ0v) is 6.71. The quantitative estimate of drug-likeness (QED) is 0.702. The summed E-state index contributed by atoms with van der Waals surface area (Å²) in [4.78, 5) is 11.2. The standard InChI is InChI=1S/C10H10NO/c12-10(8-6-7-8)11-9-4-2-1-3-5-9/h1-4,8H,6-7H2,(H,11,12). The first-order chi connectivity index (χ1) is 5.86. The summed E-state index contributed by atoms with van der Waals surface area (Å²) in [6, 6.07) is 10.4. The average Bonchev–Trinajstić information content (AvgIpc) is 2.88. The zero-order chi connectivity index (χ0) is 8.39. The van der Waals surface area contributed by atoms with Gasteiger partial charge in [0.1, 0.15) is 0 Å². The van der Waals surface area contributed by atoms with Gasteiger partial charge in [-0.25, -0.2) is 0 Å². The molecule has 0 bridgehead atoms. The summed E-state index contributed by atoms with van der Waals surface area (Å²) in [7, 11) is 0. The van der Waals surface area contributed by atoms with Gasteiger partial charge < -0.3 is 5.32 Å². The van der Waals surface area contributed by atoms with Crippen LogP contribution in [0.15, 0.2) is 24.3 Å². The molecule has 0 spiro atoms. The minimum atomic E-state index is 0.137. The first kappa shape index (κ1) is 7.35. The molecule has 1 saturated carbocycles. The van der Waals surface area contributed by atoms with Crippen molar-refractivity contribution in [3.63, 3.8) is 0 Å². The minimum absolute atomic E-state index is 0.137. The van der Waals surface area contributed by atoms with Crippen LogP contribution >= 0.6 is 0 Å². The van der Waals surface area contributed by atoms with Gasteiger partial charge in [-0.2, -0.15) is 0 Å². The highest BCUT2D eigenvalue weighted by Gasteiger charge is 2.29. The maximum Gasteiger partial charge on any atom is 0.227 e. The van der Waals surface area contributed by atoms with Crippen LogP contribution in [0, 0.1) is 12.0 Å². The molecular formula is C10H10NO. The fourth-order valence-corrected chi connectivity index (χ4v) is 1.05. The number of amides is 1. The van der Waals surface area contributed by atoms with Crippen molar-refractivity contribution in [2.45, 2.75) is 12.8 Å². The molecule has 1 amide bonds. The number of hydrogen-bond donors (Lipinski definition) is 1. The molecule has 1 aliphatic rings. The number of hydrogen-bond acceptors (Lipinski definition) is 1. The van der Waals surface area contributed by atoms with Gasteiger partial charge >= 0.3 is 0 Å². The lowest BCUT2D eigenvalue weighted by Gasteiger charge is -2.01. The maximum atomic E-state index is 11.2. The Morgan fingerprint density at radius 1 is 1.50 bits per heavy atom. The van der Waals surface area contributed by atoms with E-state index >= 15 is 0 Å². The Balaban J connectivity index is 1.98. The van der Waals surface area contributed by atoms with E-state index in [1.165, 1.54) is 0 Å². The molecule has 2 heteroatoms. The second-order valence-corrected chi connectivity index (χ2v) is 3.04. The summed E-state index contributed by atoms with van der Waals surface area (Å²) in [5, 5.41) is 2.81. The molecule has 12 heavy (non-hydrogen) atoms. The van der Waals surface area contributed by atoms with E-state index in [0.29, 0.717) is 0 Å². The number of carbonyl (C=O) groups excluding carboxylic acids is 1. The lowest BCUT2D eigenvalue weighted by atomic mass is 10.3. The molecule has 61 valence electrons. The van der Waals surface area contributed by atoms with E-state index in [4.69, 9.17) is 0 Å². The zero-order valence-electron chi connectivity index (χ0n) is 6.71. The Morgan fingerprint density at radius 3 is 2.92 bits per heavy atom. The molecule has 2 nitrogen and oxygen atoms in total. The van der Waals surface area contributed by atoms with Gasteiger partial charge in [0.2, 0.25) is 5.91 Å². The summed E-state index contributed by atoms with van der Waals surface area (Å²) >= 11 is 0. The smallest absolute Gasteiger partial charge is 0.227 e. The number of benzene rings is 1. The van der Waals surface area contributed by atoms with Gasteiger partial charge in [0.05, 0.1) is 0 Å². The van der Waals surface area contributed by atoms with Crippen molar-refractivity contribution in [1.29, 1.82) is 0 Å². The molecule has 1 aliphatic carbocycles. The van der Waals surface area contributed by atoms with Crippen LogP contribution in [0.2, 0.25) is 0 Å². The van der Waals surface area contributed by atoms with Gasteiger partial charge in [0.15, 0.2) is 0 Å². The summed E-state index contributed by atoms with van der Waals surface area (Å²) in [6.07, 6.45) is 2.08. The Hall–Kier alpha value is -1.31. The lowest BCUT2D eigenvalue weighted by Crippen LogP contribution is -2.12. The Kier molecular flexibility index (Phi) is 1.82.